The molecule has 0 radical (unpaired) electrons. The molecular formula is C23H42O2. The van der Waals surface area contributed by atoms with Gasteiger partial charge in [0.25, 0.3) is 0 Å². The van der Waals surface area contributed by atoms with Crippen molar-refractivity contribution in [2.75, 3.05) is 7.11 Å². The number of esters is 1. The Morgan fingerprint density at radius 2 is 1.48 bits per heavy atom. The average molecular weight is 351 g/mol. The SMILES string of the molecule is CCCCCC1(C(=O)OC)CCC(C2CCC(CCCC)CC2)CC1. The summed E-state index contributed by atoms with van der Waals surface area (Å²) in [6.07, 6.45) is 19.4. The van der Waals surface area contributed by atoms with Crippen molar-refractivity contribution < 1.29 is 9.53 Å². The highest BCUT2D eigenvalue weighted by Gasteiger charge is 2.43. The molecule has 0 aromatic carbocycles. The quantitative estimate of drug-likeness (QED) is 0.333. The molecule has 0 heterocycles. The van der Waals surface area contributed by atoms with Crippen LogP contribution in [0.25, 0.3) is 0 Å². The number of methoxy groups -OCH3 is 1. The van der Waals surface area contributed by atoms with E-state index < -0.39 is 0 Å². The van der Waals surface area contributed by atoms with Crippen molar-refractivity contribution in [3.05, 3.63) is 0 Å². The van der Waals surface area contributed by atoms with Crippen molar-refractivity contribution in [1.82, 2.24) is 0 Å². The molecule has 2 heteroatoms. The summed E-state index contributed by atoms with van der Waals surface area (Å²) in [4.78, 5) is 12.5. The van der Waals surface area contributed by atoms with E-state index in [-0.39, 0.29) is 11.4 Å². The van der Waals surface area contributed by atoms with E-state index in [0.29, 0.717) is 0 Å². The van der Waals surface area contributed by atoms with Crippen LogP contribution in [0, 0.1) is 23.2 Å². The summed E-state index contributed by atoms with van der Waals surface area (Å²) < 4.78 is 5.22. The first-order chi connectivity index (χ1) is 12.1. The van der Waals surface area contributed by atoms with Crippen LogP contribution < -0.4 is 0 Å². The highest BCUT2D eigenvalue weighted by atomic mass is 16.5. The zero-order valence-corrected chi connectivity index (χ0v) is 17.2. The summed E-state index contributed by atoms with van der Waals surface area (Å²) >= 11 is 0. The van der Waals surface area contributed by atoms with Gasteiger partial charge in [-0.1, -0.05) is 65.2 Å². The number of unbranched alkanes of at least 4 members (excludes halogenated alkanes) is 3. The molecule has 25 heavy (non-hydrogen) atoms. The molecule has 0 unspecified atom stereocenters. The monoisotopic (exact) mass is 350 g/mol. The van der Waals surface area contributed by atoms with Crippen LogP contribution in [0.4, 0.5) is 0 Å². The topological polar surface area (TPSA) is 26.3 Å². The molecular weight excluding hydrogens is 308 g/mol. The zero-order valence-electron chi connectivity index (χ0n) is 17.2. The van der Waals surface area contributed by atoms with Gasteiger partial charge in [0.05, 0.1) is 12.5 Å². The molecule has 0 aromatic rings. The van der Waals surface area contributed by atoms with E-state index in [0.717, 1.165) is 37.0 Å². The fraction of sp³-hybridized carbons (Fsp3) is 0.957. The predicted octanol–water partition coefficient (Wildman–Crippen LogP) is 6.91. The third-order valence-corrected chi connectivity index (χ3v) is 7.39. The van der Waals surface area contributed by atoms with E-state index in [9.17, 15) is 4.79 Å². The number of ether oxygens (including phenoxy) is 1. The third kappa shape index (κ3) is 5.73. The van der Waals surface area contributed by atoms with Crippen LogP contribution in [-0.4, -0.2) is 13.1 Å². The lowest BCUT2D eigenvalue weighted by Crippen LogP contribution is -2.38. The summed E-state index contributed by atoms with van der Waals surface area (Å²) in [5, 5.41) is 0. The van der Waals surface area contributed by atoms with Gasteiger partial charge >= 0.3 is 5.97 Å². The van der Waals surface area contributed by atoms with Gasteiger partial charge in [-0.3, -0.25) is 4.79 Å². The minimum atomic E-state index is -0.154. The maximum atomic E-state index is 12.5. The first-order valence-corrected chi connectivity index (χ1v) is 11.2. The highest BCUT2D eigenvalue weighted by Crippen LogP contribution is 2.48. The van der Waals surface area contributed by atoms with Crippen LogP contribution in [0.5, 0.6) is 0 Å². The van der Waals surface area contributed by atoms with Crippen LogP contribution in [0.15, 0.2) is 0 Å². The number of carbonyl (C=O) groups is 1. The van der Waals surface area contributed by atoms with Crippen molar-refractivity contribution in [2.45, 2.75) is 110 Å². The minimum absolute atomic E-state index is 0.0744. The molecule has 0 bridgehead atoms. The standard InChI is InChI=1S/C23H42O2/c1-4-6-8-16-23(22(24)25-3)17-14-21(15-18-23)20-12-10-19(11-13-20)9-7-5-2/h19-21H,4-18H2,1-3H3. The van der Waals surface area contributed by atoms with Gasteiger partial charge in [0, 0.05) is 0 Å². The van der Waals surface area contributed by atoms with Crippen LogP contribution in [0.1, 0.15) is 110 Å². The van der Waals surface area contributed by atoms with Crippen molar-refractivity contribution in [2.24, 2.45) is 23.2 Å². The molecule has 0 saturated heterocycles. The largest absolute Gasteiger partial charge is 0.469 e. The van der Waals surface area contributed by atoms with Crippen molar-refractivity contribution in [3.8, 4) is 0 Å². The summed E-state index contributed by atoms with van der Waals surface area (Å²) in [5.41, 5.74) is -0.154. The molecule has 2 rings (SSSR count). The van der Waals surface area contributed by atoms with Crippen LogP contribution in [0.3, 0.4) is 0 Å². The van der Waals surface area contributed by atoms with E-state index in [4.69, 9.17) is 4.74 Å². The summed E-state index contributed by atoms with van der Waals surface area (Å²) in [7, 11) is 1.58. The molecule has 146 valence electrons. The molecule has 0 amide bonds. The third-order valence-electron chi connectivity index (χ3n) is 7.39. The molecule has 2 nitrogen and oxygen atoms in total. The van der Waals surface area contributed by atoms with Gasteiger partial charge in [-0.15, -0.1) is 0 Å². The smallest absolute Gasteiger partial charge is 0.311 e. The van der Waals surface area contributed by atoms with E-state index in [1.807, 2.05) is 0 Å². The number of rotatable bonds is 9. The fourth-order valence-corrected chi connectivity index (χ4v) is 5.59. The Morgan fingerprint density at radius 1 is 0.880 bits per heavy atom. The zero-order chi connectivity index (χ0) is 18.1. The number of hydrogen-bond acceptors (Lipinski definition) is 2. The molecule has 2 aliphatic rings. The van der Waals surface area contributed by atoms with E-state index >= 15 is 0 Å². The number of carbonyl (C=O) groups excluding carboxylic acids is 1. The highest BCUT2D eigenvalue weighted by molar-refractivity contribution is 5.76. The molecule has 0 aromatic heterocycles. The second-order valence-corrected chi connectivity index (χ2v) is 8.99. The Kier molecular flexibility index (Phi) is 8.79. The molecule has 0 N–H and O–H groups in total. The predicted molar refractivity (Wildman–Crippen MR) is 106 cm³/mol. The first kappa shape index (κ1) is 20.8. The Labute approximate surface area is 156 Å². The summed E-state index contributed by atoms with van der Waals surface area (Å²) in [6.45, 7) is 4.54. The van der Waals surface area contributed by atoms with Gasteiger partial charge in [-0.25, -0.2) is 0 Å². The van der Waals surface area contributed by atoms with Crippen molar-refractivity contribution in [3.63, 3.8) is 0 Å². The van der Waals surface area contributed by atoms with Gasteiger partial charge in [-0.2, -0.15) is 0 Å². The average Bonchev–Trinajstić information content (AvgIpc) is 2.67. The van der Waals surface area contributed by atoms with Crippen LogP contribution in [-0.2, 0) is 9.53 Å². The van der Waals surface area contributed by atoms with E-state index in [2.05, 4.69) is 13.8 Å². The second kappa shape index (κ2) is 10.6. The Hall–Kier alpha value is -0.530. The summed E-state index contributed by atoms with van der Waals surface area (Å²) in [5.74, 6) is 2.88. The summed E-state index contributed by atoms with van der Waals surface area (Å²) in [6, 6.07) is 0. The Morgan fingerprint density at radius 3 is 2.04 bits per heavy atom. The van der Waals surface area contributed by atoms with Gasteiger partial charge < -0.3 is 4.74 Å². The molecule has 2 saturated carbocycles. The molecule has 0 aliphatic heterocycles. The Balaban J connectivity index is 1.81. The number of hydrogen-bond donors (Lipinski definition) is 0. The van der Waals surface area contributed by atoms with Crippen LogP contribution in [0.2, 0.25) is 0 Å². The molecule has 0 atom stereocenters. The van der Waals surface area contributed by atoms with Crippen LogP contribution >= 0.6 is 0 Å². The van der Waals surface area contributed by atoms with Crippen molar-refractivity contribution >= 4 is 5.97 Å². The normalized spacial score (nSPS) is 33.2. The fourth-order valence-electron chi connectivity index (χ4n) is 5.59. The van der Waals surface area contributed by atoms with Gasteiger partial charge in [0.15, 0.2) is 0 Å². The minimum Gasteiger partial charge on any atom is -0.469 e. The lowest BCUT2D eigenvalue weighted by Gasteiger charge is -2.42. The van der Waals surface area contributed by atoms with Gasteiger partial charge in [0.1, 0.15) is 0 Å². The van der Waals surface area contributed by atoms with E-state index in [1.165, 1.54) is 77.0 Å². The lowest BCUT2D eigenvalue weighted by molar-refractivity contribution is -0.156. The molecule has 2 fully saturated rings. The second-order valence-electron chi connectivity index (χ2n) is 8.99. The lowest BCUT2D eigenvalue weighted by atomic mass is 9.63. The molecule has 0 spiro atoms. The van der Waals surface area contributed by atoms with Gasteiger partial charge in [-0.05, 0) is 62.7 Å². The maximum absolute atomic E-state index is 12.5. The first-order valence-electron chi connectivity index (χ1n) is 11.2. The Bertz CT molecular complexity index is 374. The molecule has 2 aliphatic carbocycles. The maximum Gasteiger partial charge on any atom is 0.311 e. The van der Waals surface area contributed by atoms with Crippen molar-refractivity contribution in [1.29, 1.82) is 0 Å². The van der Waals surface area contributed by atoms with Gasteiger partial charge in [0.2, 0.25) is 0 Å². The van der Waals surface area contributed by atoms with E-state index in [1.54, 1.807) is 7.11 Å².